The first kappa shape index (κ1) is 18.4. The van der Waals surface area contributed by atoms with Gasteiger partial charge in [-0.15, -0.1) is 0 Å². The van der Waals surface area contributed by atoms with E-state index in [1.54, 1.807) is 0 Å². The van der Waals surface area contributed by atoms with Crippen molar-refractivity contribution in [2.75, 3.05) is 13.2 Å². The average molecular weight is 345 g/mol. The molecule has 0 radical (unpaired) electrons. The molecule has 0 atom stereocenters. The van der Waals surface area contributed by atoms with Crippen molar-refractivity contribution in [2.24, 2.45) is 0 Å². The lowest BCUT2D eigenvalue weighted by Crippen LogP contribution is -2.29. The number of carboxylic acids is 1. The fraction of sp³-hybridized carbons (Fsp3) is 0.263. The Morgan fingerprint density at radius 3 is 2.56 bits per heavy atom. The van der Waals surface area contributed by atoms with Gasteiger partial charge >= 0.3 is 5.97 Å². The van der Waals surface area contributed by atoms with Crippen molar-refractivity contribution in [3.8, 4) is 5.75 Å². The fourth-order valence-corrected chi connectivity index (χ4v) is 2.34. The summed E-state index contributed by atoms with van der Waals surface area (Å²) in [6.07, 6.45) is 0. The minimum atomic E-state index is -1.25. The maximum Gasteiger partial charge on any atom is 0.335 e. The predicted molar refractivity (Wildman–Crippen MR) is 91.7 cm³/mol. The lowest BCUT2D eigenvalue weighted by molar-refractivity contribution is 0.0695. The van der Waals surface area contributed by atoms with Gasteiger partial charge in [-0.3, -0.25) is 4.79 Å². The maximum atomic E-state index is 13.8. The number of carboxylic acid groups (broad SMARTS) is 1. The molecule has 0 aliphatic carbocycles. The maximum absolute atomic E-state index is 13.8. The quantitative estimate of drug-likeness (QED) is 0.754. The lowest BCUT2D eigenvalue weighted by atomic mass is 10.0. The van der Waals surface area contributed by atoms with Crippen LogP contribution in [0.2, 0.25) is 0 Å². The molecule has 0 heterocycles. The molecule has 2 N–H and O–H groups in total. The first-order valence-corrected chi connectivity index (χ1v) is 7.93. The lowest BCUT2D eigenvalue weighted by Gasteiger charge is -2.14. The number of ether oxygens (including phenoxy) is 1. The van der Waals surface area contributed by atoms with E-state index in [1.807, 2.05) is 24.3 Å². The second-order valence-electron chi connectivity index (χ2n) is 5.80. The van der Waals surface area contributed by atoms with Gasteiger partial charge in [0.05, 0.1) is 17.7 Å². The number of hydrogen-bond acceptors (Lipinski definition) is 3. The van der Waals surface area contributed by atoms with Crippen molar-refractivity contribution in [2.45, 2.75) is 19.8 Å². The van der Waals surface area contributed by atoms with Gasteiger partial charge in [0.25, 0.3) is 5.91 Å². The number of halogens is 1. The van der Waals surface area contributed by atoms with Gasteiger partial charge in [-0.25, -0.2) is 9.18 Å². The molecule has 2 aromatic rings. The van der Waals surface area contributed by atoms with E-state index in [1.165, 1.54) is 6.07 Å². The molecule has 2 aromatic carbocycles. The summed E-state index contributed by atoms with van der Waals surface area (Å²) in [6, 6.07) is 10.8. The highest BCUT2D eigenvalue weighted by Crippen LogP contribution is 2.25. The van der Waals surface area contributed by atoms with Gasteiger partial charge in [-0.2, -0.15) is 0 Å². The highest BCUT2D eigenvalue weighted by Gasteiger charge is 2.14. The van der Waals surface area contributed by atoms with Crippen LogP contribution in [0.25, 0.3) is 0 Å². The van der Waals surface area contributed by atoms with E-state index >= 15 is 0 Å². The fourth-order valence-electron chi connectivity index (χ4n) is 2.34. The normalized spacial score (nSPS) is 10.6. The molecule has 5 nitrogen and oxygen atoms in total. The summed E-state index contributed by atoms with van der Waals surface area (Å²) in [6.45, 7) is 4.57. The monoisotopic (exact) mass is 345 g/mol. The van der Waals surface area contributed by atoms with Crippen LogP contribution >= 0.6 is 0 Å². The van der Waals surface area contributed by atoms with E-state index in [9.17, 15) is 14.0 Å². The van der Waals surface area contributed by atoms with Gasteiger partial charge in [-0.05, 0) is 35.7 Å². The SMILES string of the molecule is CC(C)c1ccccc1OCCNC(=O)c1ccc(C(=O)O)cc1F. The number of para-hydroxylation sites is 1. The molecule has 0 saturated heterocycles. The Morgan fingerprint density at radius 1 is 1.20 bits per heavy atom. The third kappa shape index (κ3) is 4.79. The Hall–Kier alpha value is -2.89. The van der Waals surface area contributed by atoms with Crippen molar-refractivity contribution in [1.29, 1.82) is 0 Å². The van der Waals surface area contributed by atoms with Gasteiger partial charge in [0, 0.05) is 0 Å². The molecule has 0 unspecified atom stereocenters. The second-order valence-corrected chi connectivity index (χ2v) is 5.80. The molecule has 0 aliphatic rings. The van der Waals surface area contributed by atoms with Gasteiger partial charge < -0.3 is 15.2 Å². The number of rotatable bonds is 7. The van der Waals surface area contributed by atoms with Crippen LogP contribution in [-0.2, 0) is 0 Å². The van der Waals surface area contributed by atoms with Gasteiger partial charge in [0.2, 0.25) is 0 Å². The highest BCUT2D eigenvalue weighted by atomic mass is 19.1. The van der Waals surface area contributed by atoms with Crippen LogP contribution in [0.5, 0.6) is 5.75 Å². The summed E-state index contributed by atoms with van der Waals surface area (Å²) in [5.41, 5.74) is 0.666. The first-order chi connectivity index (χ1) is 11.9. The zero-order valence-corrected chi connectivity index (χ0v) is 14.1. The Morgan fingerprint density at radius 2 is 1.92 bits per heavy atom. The smallest absolute Gasteiger partial charge is 0.335 e. The average Bonchev–Trinajstić information content (AvgIpc) is 2.58. The Labute approximate surface area is 145 Å². The molecule has 1 amide bonds. The van der Waals surface area contributed by atoms with Crippen molar-refractivity contribution >= 4 is 11.9 Å². The Kier molecular flexibility index (Phi) is 6.11. The van der Waals surface area contributed by atoms with E-state index in [0.717, 1.165) is 23.4 Å². The number of carbonyl (C=O) groups is 2. The highest BCUT2D eigenvalue weighted by molar-refractivity contribution is 5.96. The number of aromatic carboxylic acids is 1. The summed E-state index contributed by atoms with van der Waals surface area (Å²) >= 11 is 0. The zero-order valence-electron chi connectivity index (χ0n) is 14.1. The third-order valence-electron chi connectivity index (χ3n) is 3.65. The molecule has 0 aliphatic heterocycles. The Balaban J connectivity index is 1.90. The molecule has 0 saturated carbocycles. The van der Waals surface area contributed by atoms with Crippen LogP contribution in [0.1, 0.15) is 46.0 Å². The zero-order chi connectivity index (χ0) is 18.4. The molecule has 6 heteroatoms. The van der Waals surface area contributed by atoms with Crippen LogP contribution in [0.15, 0.2) is 42.5 Å². The van der Waals surface area contributed by atoms with Crippen molar-refractivity contribution in [3.05, 3.63) is 65.0 Å². The van der Waals surface area contributed by atoms with E-state index in [0.29, 0.717) is 5.92 Å². The molecule has 0 fully saturated rings. The number of nitrogens with one attached hydrogen (secondary N) is 1. The topological polar surface area (TPSA) is 75.6 Å². The van der Waals surface area contributed by atoms with Crippen LogP contribution in [0, 0.1) is 5.82 Å². The largest absolute Gasteiger partial charge is 0.491 e. The molecule has 0 aromatic heterocycles. The second kappa shape index (κ2) is 8.28. The van der Waals surface area contributed by atoms with Crippen molar-refractivity contribution in [1.82, 2.24) is 5.32 Å². The summed E-state index contributed by atoms with van der Waals surface area (Å²) < 4.78 is 19.5. The van der Waals surface area contributed by atoms with Crippen LogP contribution in [0.4, 0.5) is 4.39 Å². The van der Waals surface area contributed by atoms with Gasteiger partial charge in [0.1, 0.15) is 18.2 Å². The molecular formula is C19H20FNO4. The van der Waals surface area contributed by atoms with Crippen LogP contribution < -0.4 is 10.1 Å². The number of carbonyl (C=O) groups excluding carboxylic acids is 1. The van der Waals surface area contributed by atoms with Crippen LogP contribution in [0.3, 0.4) is 0 Å². The van der Waals surface area contributed by atoms with Crippen molar-refractivity contribution < 1.29 is 23.8 Å². The van der Waals surface area contributed by atoms with E-state index in [-0.39, 0.29) is 24.3 Å². The summed E-state index contributed by atoms with van der Waals surface area (Å²) in [4.78, 5) is 22.8. The van der Waals surface area contributed by atoms with E-state index < -0.39 is 17.7 Å². The number of benzene rings is 2. The third-order valence-corrected chi connectivity index (χ3v) is 3.65. The summed E-state index contributed by atoms with van der Waals surface area (Å²) in [7, 11) is 0. The van der Waals surface area contributed by atoms with E-state index in [2.05, 4.69) is 19.2 Å². The Bertz CT molecular complexity index is 774. The number of amides is 1. The number of hydrogen-bond donors (Lipinski definition) is 2. The minimum Gasteiger partial charge on any atom is -0.491 e. The molecule has 0 spiro atoms. The standard InChI is InChI=1S/C19H20FNO4/c1-12(2)14-5-3-4-6-17(14)25-10-9-21-18(22)15-8-7-13(19(23)24)11-16(15)20/h3-8,11-12H,9-10H2,1-2H3,(H,21,22)(H,23,24). The molecule has 25 heavy (non-hydrogen) atoms. The summed E-state index contributed by atoms with van der Waals surface area (Å²) in [5.74, 6) is -1.67. The summed E-state index contributed by atoms with van der Waals surface area (Å²) in [5, 5.41) is 11.4. The van der Waals surface area contributed by atoms with E-state index in [4.69, 9.17) is 9.84 Å². The molecule has 0 bridgehead atoms. The molecule has 2 rings (SSSR count). The van der Waals surface area contributed by atoms with Crippen LogP contribution in [-0.4, -0.2) is 30.1 Å². The minimum absolute atomic E-state index is 0.200. The van der Waals surface area contributed by atoms with Crippen molar-refractivity contribution in [3.63, 3.8) is 0 Å². The molecule has 132 valence electrons. The first-order valence-electron chi connectivity index (χ1n) is 7.93. The van der Waals surface area contributed by atoms with Gasteiger partial charge in [0.15, 0.2) is 0 Å². The van der Waals surface area contributed by atoms with Gasteiger partial charge in [-0.1, -0.05) is 32.0 Å². The predicted octanol–water partition coefficient (Wildman–Crippen LogP) is 3.46. The molecular weight excluding hydrogens is 325 g/mol.